The monoisotopic (exact) mass is 325 g/mol. The van der Waals surface area contributed by atoms with Crippen molar-refractivity contribution in [2.45, 2.75) is 19.6 Å². The largest absolute Gasteiger partial charge is 0.460 e. The number of hydrogen-bond donors (Lipinski definition) is 1. The summed E-state index contributed by atoms with van der Waals surface area (Å²) in [6.45, 7) is 1.14. The van der Waals surface area contributed by atoms with Crippen molar-refractivity contribution in [1.29, 1.82) is 0 Å². The Balaban J connectivity index is 2.17. The van der Waals surface area contributed by atoms with E-state index in [2.05, 4.69) is 0 Å². The Morgan fingerprint density at radius 2 is 1.50 bits per heavy atom. The topological polar surface area (TPSA) is 86.5 Å². The van der Waals surface area contributed by atoms with Gasteiger partial charge in [0, 0.05) is 6.92 Å². The van der Waals surface area contributed by atoms with Crippen LogP contribution < -0.4 is 5.73 Å². The van der Waals surface area contributed by atoms with Crippen molar-refractivity contribution in [2.24, 2.45) is 11.7 Å². The lowest BCUT2D eigenvalue weighted by Crippen LogP contribution is -2.38. The Morgan fingerprint density at radius 1 is 0.958 bits per heavy atom. The molecular weight excluding hydrogens is 306 g/mol. The molecule has 0 saturated heterocycles. The van der Waals surface area contributed by atoms with Gasteiger partial charge in [0.05, 0.1) is 6.04 Å². The van der Waals surface area contributed by atoms with Crippen molar-refractivity contribution in [2.75, 3.05) is 0 Å². The molecule has 0 radical (unpaired) electrons. The van der Waals surface area contributed by atoms with Crippen LogP contribution in [0.15, 0.2) is 60.7 Å². The zero-order chi connectivity index (χ0) is 17.5. The van der Waals surface area contributed by atoms with E-state index in [0.717, 1.165) is 12.5 Å². The molecule has 2 N–H and O–H groups in total. The average molecular weight is 325 g/mol. The smallest absolute Gasteiger partial charge is 0.319 e. The summed E-state index contributed by atoms with van der Waals surface area (Å²) in [7, 11) is 0. The molecular formula is C19H19NO4. The third-order valence-electron chi connectivity index (χ3n) is 3.65. The van der Waals surface area contributed by atoms with Crippen molar-refractivity contribution in [3.63, 3.8) is 0 Å². The fourth-order valence-corrected chi connectivity index (χ4v) is 2.32. The maximum absolute atomic E-state index is 12.4. The van der Waals surface area contributed by atoms with E-state index in [1.165, 1.54) is 0 Å². The minimum absolute atomic E-state index is 0.0167. The fourth-order valence-electron chi connectivity index (χ4n) is 2.32. The van der Waals surface area contributed by atoms with Gasteiger partial charge in [0.15, 0.2) is 5.78 Å². The number of esters is 1. The van der Waals surface area contributed by atoms with Crippen LogP contribution in [0.4, 0.5) is 0 Å². The third kappa shape index (κ3) is 4.36. The number of ether oxygens (including phenoxy) is 1. The highest BCUT2D eigenvalue weighted by atomic mass is 16.5. The zero-order valence-electron chi connectivity index (χ0n) is 13.3. The maximum atomic E-state index is 12.4. The van der Waals surface area contributed by atoms with Crippen LogP contribution in [-0.2, 0) is 25.7 Å². The number of ketones is 2. The van der Waals surface area contributed by atoms with Crippen molar-refractivity contribution in [1.82, 2.24) is 0 Å². The highest BCUT2D eigenvalue weighted by Gasteiger charge is 2.37. The minimum Gasteiger partial charge on any atom is -0.460 e. The number of nitrogens with two attached hydrogens (primary N) is 1. The first-order valence-corrected chi connectivity index (χ1v) is 7.56. The Labute approximate surface area is 140 Å². The van der Waals surface area contributed by atoms with Crippen LogP contribution in [0.1, 0.15) is 24.1 Å². The van der Waals surface area contributed by atoms with Crippen LogP contribution >= 0.6 is 0 Å². The molecule has 0 heterocycles. The van der Waals surface area contributed by atoms with Gasteiger partial charge in [-0.15, -0.1) is 0 Å². The molecule has 2 aromatic rings. The Hall–Kier alpha value is -2.79. The predicted octanol–water partition coefficient (Wildman–Crippen LogP) is 2.20. The van der Waals surface area contributed by atoms with Crippen LogP contribution in [0.25, 0.3) is 0 Å². The number of carbonyl (C=O) groups excluding carboxylic acids is 3. The fraction of sp³-hybridized carbons (Fsp3) is 0.211. The molecule has 5 heteroatoms. The van der Waals surface area contributed by atoms with Crippen molar-refractivity contribution >= 4 is 17.5 Å². The van der Waals surface area contributed by atoms with Gasteiger partial charge < -0.3 is 10.5 Å². The Morgan fingerprint density at radius 3 is 2.04 bits per heavy atom. The summed E-state index contributed by atoms with van der Waals surface area (Å²) in [4.78, 5) is 36.1. The molecule has 5 nitrogen and oxygen atoms in total. The first-order valence-electron chi connectivity index (χ1n) is 7.56. The average Bonchev–Trinajstić information content (AvgIpc) is 2.61. The predicted molar refractivity (Wildman–Crippen MR) is 88.8 cm³/mol. The first kappa shape index (κ1) is 17.6. The zero-order valence-corrected chi connectivity index (χ0v) is 13.3. The van der Waals surface area contributed by atoms with E-state index in [1.807, 2.05) is 18.2 Å². The second kappa shape index (κ2) is 8.17. The standard InChI is InChI=1S/C19H19NO4/c1-13(21)18(22)16(17(20)15-10-6-3-7-11-15)19(23)24-12-14-8-4-2-5-9-14/h2-11,16-17H,12,20H2,1H3. The lowest BCUT2D eigenvalue weighted by Gasteiger charge is -2.21. The number of rotatable bonds is 7. The van der Waals surface area contributed by atoms with Gasteiger partial charge in [-0.1, -0.05) is 60.7 Å². The molecule has 24 heavy (non-hydrogen) atoms. The van der Waals surface area contributed by atoms with E-state index < -0.39 is 29.5 Å². The van der Waals surface area contributed by atoms with Crippen LogP contribution in [0.3, 0.4) is 0 Å². The van der Waals surface area contributed by atoms with Gasteiger partial charge in [-0.2, -0.15) is 0 Å². The van der Waals surface area contributed by atoms with Crippen molar-refractivity contribution in [3.05, 3.63) is 71.8 Å². The number of benzene rings is 2. The van der Waals surface area contributed by atoms with E-state index in [-0.39, 0.29) is 6.61 Å². The summed E-state index contributed by atoms with van der Waals surface area (Å²) in [5, 5.41) is 0. The summed E-state index contributed by atoms with van der Waals surface area (Å²) in [6, 6.07) is 16.8. The van der Waals surface area contributed by atoms with E-state index in [1.54, 1.807) is 42.5 Å². The van der Waals surface area contributed by atoms with Crippen LogP contribution in [0.5, 0.6) is 0 Å². The molecule has 2 unspecified atom stereocenters. The van der Waals surface area contributed by atoms with Crippen LogP contribution in [0.2, 0.25) is 0 Å². The summed E-state index contributed by atoms with van der Waals surface area (Å²) in [6.07, 6.45) is 0. The van der Waals surface area contributed by atoms with Crippen molar-refractivity contribution < 1.29 is 19.1 Å². The molecule has 0 amide bonds. The highest BCUT2D eigenvalue weighted by molar-refractivity contribution is 6.40. The molecule has 0 bridgehead atoms. The first-order chi connectivity index (χ1) is 11.5. The van der Waals surface area contributed by atoms with Gasteiger partial charge in [0.2, 0.25) is 5.78 Å². The van der Waals surface area contributed by atoms with E-state index in [0.29, 0.717) is 5.56 Å². The second-order valence-electron chi connectivity index (χ2n) is 5.43. The molecule has 0 aliphatic heterocycles. The van der Waals surface area contributed by atoms with Gasteiger partial charge in [-0.3, -0.25) is 14.4 Å². The van der Waals surface area contributed by atoms with Gasteiger partial charge in [-0.25, -0.2) is 0 Å². The molecule has 0 aliphatic rings. The van der Waals surface area contributed by atoms with Crippen molar-refractivity contribution in [3.8, 4) is 0 Å². The quantitative estimate of drug-likeness (QED) is 0.479. The number of Topliss-reactive ketones (excluding diaryl/α,β-unsaturated/α-hetero) is 2. The Kier molecular flexibility index (Phi) is 5.98. The van der Waals surface area contributed by atoms with Gasteiger partial charge in [0.1, 0.15) is 12.5 Å². The summed E-state index contributed by atoms with van der Waals surface area (Å²) in [5.41, 5.74) is 7.45. The van der Waals surface area contributed by atoms with Crippen LogP contribution in [0, 0.1) is 5.92 Å². The lowest BCUT2D eigenvalue weighted by molar-refractivity contribution is -0.156. The lowest BCUT2D eigenvalue weighted by atomic mass is 9.89. The van der Waals surface area contributed by atoms with E-state index >= 15 is 0 Å². The van der Waals surface area contributed by atoms with Crippen LogP contribution in [-0.4, -0.2) is 17.5 Å². The molecule has 124 valence electrons. The summed E-state index contributed by atoms with van der Waals surface area (Å²) >= 11 is 0. The maximum Gasteiger partial charge on any atom is 0.319 e. The summed E-state index contributed by atoms with van der Waals surface area (Å²) < 4.78 is 5.21. The molecule has 0 aromatic heterocycles. The number of hydrogen-bond acceptors (Lipinski definition) is 5. The van der Waals surface area contributed by atoms with Gasteiger partial charge in [-0.05, 0) is 11.1 Å². The molecule has 0 saturated carbocycles. The molecule has 0 fully saturated rings. The molecule has 0 spiro atoms. The molecule has 2 aromatic carbocycles. The van der Waals surface area contributed by atoms with E-state index in [9.17, 15) is 14.4 Å². The summed E-state index contributed by atoms with van der Waals surface area (Å²) in [5.74, 6) is -3.71. The minimum atomic E-state index is -1.35. The second-order valence-corrected chi connectivity index (χ2v) is 5.43. The molecule has 0 aliphatic carbocycles. The van der Waals surface area contributed by atoms with Gasteiger partial charge in [0.25, 0.3) is 0 Å². The molecule has 2 atom stereocenters. The normalized spacial score (nSPS) is 12.9. The highest BCUT2D eigenvalue weighted by Crippen LogP contribution is 2.22. The van der Waals surface area contributed by atoms with Gasteiger partial charge >= 0.3 is 5.97 Å². The Bertz CT molecular complexity index is 713. The third-order valence-corrected chi connectivity index (χ3v) is 3.65. The SMILES string of the molecule is CC(=O)C(=O)C(C(=O)OCc1ccccc1)C(N)c1ccccc1. The number of carbonyl (C=O) groups is 3. The molecule has 2 rings (SSSR count). The van der Waals surface area contributed by atoms with E-state index in [4.69, 9.17) is 10.5 Å².